The molecule has 2 heterocycles. The van der Waals surface area contributed by atoms with Crippen LogP contribution in [-0.2, 0) is 16.8 Å². The van der Waals surface area contributed by atoms with Gasteiger partial charge in [0.2, 0.25) is 5.95 Å². The Kier molecular flexibility index (Phi) is 6.32. The average Bonchev–Trinajstić information content (AvgIpc) is 3.16. The normalized spacial score (nSPS) is 16.9. The van der Waals surface area contributed by atoms with Gasteiger partial charge in [0.05, 0.1) is 36.3 Å². The number of aliphatic hydroxyl groups is 1. The van der Waals surface area contributed by atoms with E-state index < -0.39 is 5.41 Å². The Hall–Kier alpha value is -3.47. The standard InChI is InChI=1S/C26H29N5O2/c1-16(2)33-13-18-6-5-17(3)23(9-18)31-25-28-8-7-22(30-25)19-10-20(12-27)24-21(11-19)26(4,15-32)14-29-24/h5-11,16,29,32H,13-15H2,1-4H3,(H,28,30,31)/t26-/m1/s1. The zero-order valence-electron chi connectivity index (χ0n) is 19.4. The Labute approximate surface area is 194 Å². The number of rotatable bonds is 7. The molecule has 7 nitrogen and oxygen atoms in total. The molecule has 2 aromatic carbocycles. The van der Waals surface area contributed by atoms with E-state index in [4.69, 9.17) is 9.72 Å². The summed E-state index contributed by atoms with van der Waals surface area (Å²) >= 11 is 0. The highest BCUT2D eigenvalue weighted by Crippen LogP contribution is 2.41. The Morgan fingerprint density at radius 1 is 1.27 bits per heavy atom. The first-order chi connectivity index (χ1) is 15.8. The molecule has 1 aliphatic rings. The van der Waals surface area contributed by atoms with Crippen LogP contribution in [-0.4, -0.2) is 34.3 Å². The van der Waals surface area contributed by atoms with Gasteiger partial charge in [-0.25, -0.2) is 9.97 Å². The van der Waals surface area contributed by atoms with Crippen molar-refractivity contribution in [2.24, 2.45) is 0 Å². The van der Waals surface area contributed by atoms with E-state index in [0.717, 1.165) is 33.6 Å². The number of aryl methyl sites for hydroxylation is 1. The van der Waals surface area contributed by atoms with E-state index in [9.17, 15) is 10.4 Å². The number of nitrogens with one attached hydrogen (secondary N) is 2. The SMILES string of the molecule is Cc1ccc(COC(C)C)cc1Nc1nccc(-c2cc(C#N)c3c(c2)[C@@](C)(CO)CN3)n1. The molecule has 3 N–H and O–H groups in total. The smallest absolute Gasteiger partial charge is 0.227 e. The highest BCUT2D eigenvalue weighted by molar-refractivity contribution is 5.76. The topological polar surface area (TPSA) is 103 Å². The maximum absolute atomic E-state index is 9.95. The summed E-state index contributed by atoms with van der Waals surface area (Å²) in [6.45, 7) is 9.17. The minimum absolute atomic E-state index is 0.00591. The summed E-state index contributed by atoms with van der Waals surface area (Å²) in [5.74, 6) is 0.472. The van der Waals surface area contributed by atoms with Crippen LogP contribution in [0.3, 0.4) is 0 Å². The van der Waals surface area contributed by atoms with Gasteiger partial charge in [-0.1, -0.05) is 19.1 Å². The molecule has 170 valence electrons. The van der Waals surface area contributed by atoms with Crippen molar-refractivity contribution in [3.63, 3.8) is 0 Å². The predicted octanol–water partition coefficient (Wildman–Crippen LogP) is 4.67. The van der Waals surface area contributed by atoms with Gasteiger partial charge in [0.15, 0.2) is 0 Å². The minimum atomic E-state index is -0.444. The lowest BCUT2D eigenvalue weighted by Gasteiger charge is -2.21. The van der Waals surface area contributed by atoms with Gasteiger partial charge in [-0.3, -0.25) is 0 Å². The fourth-order valence-electron chi connectivity index (χ4n) is 3.92. The third kappa shape index (κ3) is 4.68. The van der Waals surface area contributed by atoms with E-state index in [2.05, 4.69) is 33.8 Å². The molecule has 33 heavy (non-hydrogen) atoms. The molecule has 0 aliphatic carbocycles. The largest absolute Gasteiger partial charge is 0.395 e. The molecule has 0 amide bonds. The molecule has 1 aromatic heterocycles. The molecule has 4 rings (SSSR count). The highest BCUT2D eigenvalue weighted by Gasteiger charge is 2.35. The van der Waals surface area contributed by atoms with E-state index >= 15 is 0 Å². The van der Waals surface area contributed by atoms with Crippen LogP contribution in [0.15, 0.2) is 42.6 Å². The van der Waals surface area contributed by atoms with Crippen molar-refractivity contribution in [2.45, 2.75) is 45.8 Å². The summed E-state index contributed by atoms with van der Waals surface area (Å²) in [5, 5.41) is 26.2. The van der Waals surface area contributed by atoms with Gasteiger partial charge < -0.3 is 20.5 Å². The Balaban J connectivity index is 1.66. The average molecular weight is 444 g/mol. The van der Waals surface area contributed by atoms with Crippen LogP contribution in [0.4, 0.5) is 17.3 Å². The number of hydrogen-bond donors (Lipinski definition) is 3. The fourth-order valence-corrected chi connectivity index (χ4v) is 3.92. The number of nitrogens with zero attached hydrogens (tertiary/aromatic N) is 3. The number of hydrogen-bond acceptors (Lipinski definition) is 7. The van der Waals surface area contributed by atoms with Crippen LogP contribution in [0.25, 0.3) is 11.3 Å². The van der Waals surface area contributed by atoms with Gasteiger partial charge in [-0.2, -0.15) is 5.26 Å². The third-order valence-electron chi connectivity index (χ3n) is 6.00. The monoisotopic (exact) mass is 443 g/mol. The summed E-state index contributed by atoms with van der Waals surface area (Å²) in [4.78, 5) is 9.11. The number of aromatic nitrogens is 2. The van der Waals surface area contributed by atoms with Crippen LogP contribution in [0, 0.1) is 18.3 Å². The van der Waals surface area contributed by atoms with Crippen molar-refractivity contribution in [3.05, 3.63) is 64.8 Å². The molecule has 0 unspecified atom stereocenters. The molecular weight excluding hydrogens is 414 g/mol. The van der Waals surface area contributed by atoms with Crippen LogP contribution < -0.4 is 10.6 Å². The fraction of sp³-hybridized carbons (Fsp3) is 0.346. The van der Waals surface area contributed by atoms with Crippen molar-refractivity contribution < 1.29 is 9.84 Å². The molecule has 1 aliphatic heterocycles. The van der Waals surface area contributed by atoms with Gasteiger partial charge in [-0.05, 0) is 61.7 Å². The highest BCUT2D eigenvalue weighted by atomic mass is 16.5. The maximum atomic E-state index is 9.95. The van der Waals surface area contributed by atoms with E-state index in [1.807, 2.05) is 52.0 Å². The molecule has 3 aromatic rings. The maximum Gasteiger partial charge on any atom is 0.227 e. The molecule has 0 spiro atoms. The van der Waals surface area contributed by atoms with Gasteiger partial charge in [0, 0.05) is 29.4 Å². The molecule has 7 heteroatoms. The number of benzene rings is 2. The second-order valence-electron chi connectivity index (χ2n) is 9.03. The first-order valence-electron chi connectivity index (χ1n) is 11.1. The quantitative estimate of drug-likeness (QED) is 0.488. The number of nitriles is 1. The number of anilines is 3. The Bertz CT molecular complexity index is 1220. The summed E-state index contributed by atoms with van der Waals surface area (Å²) in [6, 6.07) is 14.1. The predicted molar refractivity (Wildman–Crippen MR) is 129 cm³/mol. The Morgan fingerprint density at radius 3 is 2.82 bits per heavy atom. The van der Waals surface area contributed by atoms with Gasteiger partial charge >= 0.3 is 0 Å². The van der Waals surface area contributed by atoms with E-state index in [1.165, 1.54) is 0 Å². The zero-order valence-corrected chi connectivity index (χ0v) is 19.4. The second kappa shape index (κ2) is 9.18. The lowest BCUT2D eigenvalue weighted by Crippen LogP contribution is -2.28. The van der Waals surface area contributed by atoms with Crippen LogP contribution in [0.1, 0.15) is 43.0 Å². The van der Waals surface area contributed by atoms with Crippen molar-refractivity contribution >= 4 is 17.3 Å². The Morgan fingerprint density at radius 2 is 2.09 bits per heavy atom. The molecule has 1 atom stereocenters. The molecule has 0 saturated heterocycles. The number of ether oxygens (including phenoxy) is 1. The lowest BCUT2D eigenvalue weighted by molar-refractivity contribution is 0.0657. The molecule has 0 fully saturated rings. The summed E-state index contributed by atoms with van der Waals surface area (Å²) in [6.07, 6.45) is 1.87. The second-order valence-corrected chi connectivity index (χ2v) is 9.03. The minimum Gasteiger partial charge on any atom is -0.395 e. The van der Waals surface area contributed by atoms with Crippen molar-refractivity contribution in [1.29, 1.82) is 5.26 Å². The first kappa shape index (κ1) is 22.7. The lowest BCUT2D eigenvalue weighted by atomic mass is 9.83. The first-order valence-corrected chi connectivity index (χ1v) is 11.1. The molecular formula is C26H29N5O2. The summed E-state index contributed by atoms with van der Waals surface area (Å²) in [5.41, 5.74) is 6.41. The van der Waals surface area contributed by atoms with Gasteiger partial charge in [0.1, 0.15) is 6.07 Å². The van der Waals surface area contributed by atoms with E-state index in [0.29, 0.717) is 30.4 Å². The van der Waals surface area contributed by atoms with Crippen LogP contribution in [0.2, 0.25) is 0 Å². The van der Waals surface area contributed by atoms with E-state index in [-0.39, 0.29) is 12.7 Å². The van der Waals surface area contributed by atoms with Crippen LogP contribution in [0.5, 0.6) is 0 Å². The summed E-state index contributed by atoms with van der Waals surface area (Å²) < 4.78 is 5.73. The zero-order chi connectivity index (χ0) is 23.6. The third-order valence-corrected chi connectivity index (χ3v) is 6.00. The number of aliphatic hydroxyl groups excluding tert-OH is 1. The van der Waals surface area contributed by atoms with Crippen molar-refractivity contribution in [1.82, 2.24) is 9.97 Å². The molecule has 0 radical (unpaired) electrons. The number of fused-ring (bicyclic) bond motifs is 1. The molecule has 0 bridgehead atoms. The summed E-state index contributed by atoms with van der Waals surface area (Å²) in [7, 11) is 0. The van der Waals surface area contributed by atoms with Crippen molar-refractivity contribution in [3.8, 4) is 17.3 Å². The molecule has 0 saturated carbocycles. The van der Waals surface area contributed by atoms with Crippen LogP contribution >= 0.6 is 0 Å². The van der Waals surface area contributed by atoms with Crippen molar-refractivity contribution in [2.75, 3.05) is 23.8 Å². The van der Waals surface area contributed by atoms with Gasteiger partial charge in [-0.15, -0.1) is 0 Å². The van der Waals surface area contributed by atoms with Gasteiger partial charge in [0.25, 0.3) is 0 Å². The van der Waals surface area contributed by atoms with E-state index in [1.54, 1.807) is 6.20 Å².